The molecule has 12 rings (SSSR count). The number of furan rings is 2. The molecule has 322 valence electrons. The molecule has 0 spiro atoms. The third-order valence-electron chi connectivity index (χ3n) is 12.6. The number of aliphatic imine (C=N–C) groups is 1. The van der Waals surface area contributed by atoms with E-state index >= 15 is 0 Å². The van der Waals surface area contributed by atoms with Gasteiger partial charge in [0.2, 0.25) is 0 Å². The molecule has 0 aliphatic rings. The zero-order chi connectivity index (χ0) is 45.4. The lowest BCUT2D eigenvalue weighted by molar-refractivity contribution is 0.634. The minimum Gasteiger partial charge on any atom is -0.451 e. The molecule has 0 fully saturated rings. The molecule has 2 N–H and O–H groups in total. The van der Waals surface area contributed by atoms with Crippen LogP contribution in [0, 0.1) is 0 Å². The first-order valence-electron chi connectivity index (χ1n) is 22.7. The second kappa shape index (κ2) is 17.3. The number of aromatic nitrogens is 2. The van der Waals surface area contributed by atoms with Gasteiger partial charge in [-0.25, -0.2) is 9.97 Å². The van der Waals surface area contributed by atoms with Crippen LogP contribution in [0.2, 0.25) is 0 Å². The molecule has 68 heavy (non-hydrogen) atoms. The molecule has 0 saturated carbocycles. The van der Waals surface area contributed by atoms with Gasteiger partial charge in [0, 0.05) is 55.1 Å². The van der Waals surface area contributed by atoms with E-state index in [1.807, 2.05) is 91.0 Å². The third kappa shape index (κ3) is 7.60. The third-order valence-corrected chi connectivity index (χ3v) is 12.6. The van der Waals surface area contributed by atoms with Gasteiger partial charge >= 0.3 is 0 Å². The Morgan fingerprint density at radius 1 is 0.412 bits per heavy atom. The van der Waals surface area contributed by atoms with Crippen LogP contribution in [-0.2, 0) is 6.54 Å². The molecule has 6 heteroatoms. The second-order valence-electron chi connectivity index (χ2n) is 16.9. The smallest absolute Gasteiger partial charge is 0.178 e. The summed E-state index contributed by atoms with van der Waals surface area (Å²) in [7, 11) is 0. The molecule has 6 nitrogen and oxygen atoms in total. The average molecular weight is 875 g/mol. The average Bonchev–Trinajstić information content (AvgIpc) is 4.00. The first-order valence-corrected chi connectivity index (χ1v) is 22.7. The van der Waals surface area contributed by atoms with Crippen molar-refractivity contribution in [3.8, 4) is 56.2 Å². The Bertz CT molecular complexity index is 3820. The SMILES string of the molecule is N/C(=C\C(=NCc1cccc(-c2cccc3c2oc2c3ccc3c4cccc(-c5cccc(-c6nc(-c7ccccc7)cc(-c7ccccc7)n6)c5)c4oc32)c1)c1ccccc1)c1ccccc1. The number of allylic oxidation sites excluding steroid dienone is 1. The molecule has 0 bridgehead atoms. The van der Waals surface area contributed by atoms with E-state index in [-0.39, 0.29) is 0 Å². The number of rotatable bonds is 10. The Morgan fingerprint density at radius 2 is 0.868 bits per heavy atom. The highest BCUT2D eigenvalue weighted by Crippen LogP contribution is 2.44. The van der Waals surface area contributed by atoms with Gasteiger partial charge in [0.1, 0.15) is 11.2 Å². The van der Waals surface area contributed by atoms with Gasteiger partial charge in [0.15, 0.2) is 17.0 Å². The van der Waals surface area contributed by atoms with Crippen LogP contribution in [0.25, 0.3) is 106 Å². The molecule has 12 aromatic rings. The summed E-state index contributed by atoms with van der Waals surface area (Å²) >= 11 is 0. The Balaban J connectivity index is 0.915. The van der Waals surface area contributed by atoms with Crippen molar-refractivity contribution >= 4 is 55.3 Å². The van der Waals surface area contributed by atoms with Crippen LogP contribution in [0.3, 0.4) is 0 Å². The lowest BCUT2D eigenvalue weighted by Gasteiger charge is -2.10. The van der Waals surface area contributed by atoms with Gasteiger partial charge in [-0.05, 0) is 64.2 Å². The van der Waals surface area contributed by atoms with Crippen molar-refractivity contribution in [3.05, 3.63) is 247 Å². The molecule has 0 radical (unpaired) electrons. The topological polar surface area (TPSA) is 90.4 Å². The standard InChI is InChI=1S/C62H42N4O2/c63-54(41-18-5-1-6-19-41)37-55(42-20-7-2-8-21-42)64-39-40-17-13-26-45(35-40)48-29-15-31-50-52-33-34-53-51-32-16-30-49(59(51)68-61(53)60(52)67-58(48)50)46-27-14-28-47(36-46)62-65-56(43-22-9-3-10-23-43)38-57(66-62)44-24-11-4-12-25-44/h1-38H,39,63H2/b54-37-,64-55?. The Morgan fingerprint density at radius 3 is 1.44 bits per heavy atom. The van der Waals surface area contributed by atoms with Crippen LogP contribution >= 0.6 is 0 Å². The van der Waals surface area contributed by atoms with Crippen molar-refractivity contribution in [1.29, 1.82) is 0 Å². The largest absolute Gasteiger partial charge is 0.451 e. The fourth-order valence-electron chi connectivity index (χ4n) is 9.19. The van der Waals surface area contributed by atoms with Crippen molar-refractivity contribution in [1.82, 2.24) is 9.97 Å². The fourth-order valence-corrected chi connectivity index (χ4v) is 9.19. The summed E-state index contributed by atoms with van der Waals surface area (Å²) in [5.41, 5.74) is 22.9. The highest BCUT2D eigenvalue weighted by Gasteiger charge is 2.21. The second-order valence-corrected chi connectivity index (χ2v) is 16.9. The number of fused-ring (bicyclic) bond motifs is 7. The number of nitrogens with zero attached hydrogens (tertiary/aromatic N) is 3. The highest BCUT2D eigenvalue weighted by atomic mass is 16.4. The molecule has 9 aromatic carbocycles. The predicted octanol–water partition coefficient (Wildman–Crippen LogP) is 15.6. The minimum absolute atomic E-state index is 0.472. The molecule has 3 aromatic heterocycles. The van der Waals surface area contributed by atoms with E-state index in [0.717, 1.165) is 111 Å². The Kier molecular flexibility index (Phi) is 10.3. The van der Waals surface area contributed by atoms with E-state index < -0.39 is 0 Å². The van der Waals surface area contributed by atoms with Crippen LogP contribution in [0.1, 0.15) is 16.7 Å². The summed E-state index contributed by atoms with van der Waals surface area (Å²) in [6, 6.07) is 76.7. The van der Waals surface area contributed by atoms with Crippen molar-refractivity contribution in [3.63, 3.8) is 0 Å². The molecule has 0 saturated heterocycles. The van der Waals surface area contributed by atoms with Crippen LogP contribution in [0.15, 0.2) is 244 Å². The van der Waals surface area contributed by atoms with Crippen LogP contribution < -0.4 is 5.73 Å². The van der Waals surface area contributed by atoms with Gasteiger partial charge in [-0.1, -0.05) is 194 Å². The van der Waals surface area contributed by atoms with Crippen molar-refractivity contribution < 1.29 is 8.83 Å². The molecule has 0 aliphatic heterocycles. The van der Waals surface area contributed by atoms with Crippen molar-refractivity contribution in [2.45, 2.75) is 6.54 Å². The molecule has 0 amide bonds. The number of para-hydroxylation sites is 2. The van der Waals surface area contributed by atoms with Crippen molar-refractivity contribution in [2.24, 2.45) is 10.7 Å². The van der Waals surface area contributed by atoms with Crippen LogP contribution in [-0.4, -0.2) is 15.7 Å². The summed E-state index contributed by atoms with van der Waals surface area (Å²) in [5, 5.41) is 4.03. The molecular weight excluding hydrogens is 833 g/mol. The van der Waals surface area contributed by atoms with Gasteiger partial charge in [-0.3, -0.25) is 4.99 Å². The van der Waals surface area contributed by atoms with Gasteiger partial charge in [0.05, 0.1) is 23.6 Å². The lowest BCUT2D eigenvalue weighted by Crippen LogP contribution is -2.04. The monoisotopic (exact) mass is 874 g/mol. The number of hydrogen-bond donors (Lipinski definition) is 1. The van der Waals surface area contributed by atoms with Crippen molar-refractivity contribution in [2.75, 3.05) is 0 Å². The van der Waals surface area contributed by atoms with E-state index in [2.05, 4.69) is 140 Å². The molecule has 0 unspecified atom stereocenters. The first kappa shape index (κ1) is 40.4. The molecular formula is C62H42N4O2. The van der Waals surface area contributed by atoms with E-state index in [1.165, 1.54) is 0 Å². The maximum Gasteiger partial charge on any atom is 0.178 e. The van der Waals surface area contributed by atoms with E-state index in [1.54, 1.807) is 0 Å². The number of hydrogen-bond acceptors (Lipinski definition) is 6. The van der Waals surface area contributed by atoms with Gasteiger partial charge in [0.25, 0.3) is 0 Å². The maximum atomic E-state index is 6.94. The van der Waals surface area contributed by atoms with Crippen LogP contribution in [0.4, 0.5) is 0 Å². The van der Waals surface area contributed by atoms with Gasteiger partial charge < -0.3 is 14.6 Å². The normalized spacial score (nSPS) is 12.1. The zero-order valence-electron chi connectivity index (χ0n) is 36.9. The molecule has 0 aliphatic carbocycles. The van der Waals surface area contributed by atoms with Crippen LogP contribution in [0.5, 0.6) is 0 Å². The molecule has 3 heterocycles. The van der Waals surface area contributed by atoms with E-state index in [9.17, 15) is 0 Å². The fraction of sp³-hybridized carbons (Fsp3) is 0.0161. The maximum absolute atomic E-state index is 6.94. The van der Waals surface area contributed by atoms with E-state index in [4.69, 9.17) is 29.5 Å². The summed E-state index contributed by atoms with van der Waals surface area (Å²) in [5.74, 6) is 0.653. The lowest BCUT2D eigenvalue weighted by atomic mass is 9.99. The van der Waals surface area contributed by atoms with E-state index in [0.29, 0.717) is 23.6 Å². The zero-order valence-corrected chi connectivity index (χ0v) is 36.9. The van der Waals surface area contributed by atoms with Gasteiger partial charge in [-0.2, -0.15) is 0 Å². The Hall–Kier alpha value is -9.13. The summed E-state index contributed by atoms with van der Waals surface area (Å²) in [4.78, 5) is 15.3. The first-order chi connectivity index (χ1) is 33.6. The predicted molar refractivity (Wildman–Crippen MR) is 279 cm³/mol. The summed E-state index contributed by atoms with van der Waals surface area (Å²) in [6.07, 6.45) is 1.96. The summed E-state index contributed by atoms with van der Waals surface area (Å²) < 4.78 is 13.9. The van der Waals surface area contributed by atoms with Gasteiger partial charge in [-0.15, -0.1) is 0 Å². The minimum atomic E-state index is 0.472. The Labute approximate surface area is 393 Å². The number of nitrogens with two attached hydrogens (primary N) is 1. The summed E-state index contributed by atoms with van der Waals surface area (Å²) in [6.45, 7) is 0.472. The number of benzene rings is 9. The molecule has 0 atom stereocenters. The highest BCUT2D eigenvalue weighted by molar-refractivity contribution is 6.21. The quantitative estimate of drug-likeness (QED) is 0.138.